The standard InChI is InChI=1S/C17H18O3/c1-11-3-5-12(6-4-11)15-7-13-9-20-10-14(13)8-16(15)17(18)19-2/h3-6,8,13H,7,9-10H2,1-2H3/t13-/m1/s1. The Morgan fingerprint density at radius 1 is 1.30 bits per heavy atom. The minimum Gasteiger partial charge on any atom is -0.465 e. The molecule has 1 aliphatic heterocycles. The first-order valence-corrected chi connectivity index (χ1v) is 6.85. The van der Waals surface area contributed by atoms with Crippen molar-refractivity contribution in [2.24, 2.45) is 5.92 Å². The summed E-state index contributed by atoms with van der Waals surface area (Å²) in [7, 11) is 1.43. The van der Waals surface area contributed by atoms with Crippen LogP contribution in [0.25, 0.3) is 5.57 Å². The molecule has 0 spiro atoms. The summed E-state index contributed by atoms with van der Waals surface area (Å²) in [4.78, 5) is 12.0. The van der Waals surface area contributed by atoms with E-state index in [1.165, 1.54) is 18.2 Å². The highest BCUT2D eigenvalue weighted by Gasteiger charge is 2.30. The maximum atomic E-state index is 12.0. The van der Waals surface area contributed by atoms with E-state index >= 15 is 0 Å². The van der Waals surface area contributed by atoms with E-state index in [-0.39, 0.29) is 5.97 Å². The molecule has 0 unspecified atom stereocenters. The van der Waals surface area contributed by atoms with Crippen LogP contribution in [0.4, 0.5) is 0 Å². The molecule has 1 fully saturated rings. The van der Waals surface area contributed by atoms with Gasteiger partial charge >= 0.3 is 5.97 Å². The Hall–Kier alpha value is -1.87. The molecule has 0 N–H and O–H groups in total. The van der Waals surface area contributed by atoms with Crippen LogP contribution in [0.2, 0.25) is 0 Å². The third-order valence-corrected chi connectivity index (χ3v) is 4.02. The van der Waals surface area contributed by atoms with E-state index in [9.17, 15) is 4.79 Å². The van der Waals surface area contributed by atoms with E-state index in [0.717, 1.165) is 24.2 Å². The van der Waals surface area contributed by atoms with Crippen molar-refractivity contribution in [3.8, 4) is 0 Å². The third kappa shape index (κ3) is 2.29. The summed E-state index contributed by atoms with van der Waals surface area (Å²) >= 11 is 0. The molecular formula is C17H18O3. The van der Waals surface area contributed by atoms with Crippen LogP contribution in [0.15, 0.2) is 41.5 Å². The lowest BCUT2D eigenvalue weighted by Crippen LogP contribution is -2.15. The number of aryl methyl sites for hydroxylation is 1. The predicted octanol–water partition coefficient (Wildman–Crippen LogP) is 2.90. The Morgan fingerprint density at radius 2 is 2.05 bits per heavy atom. The lowest BCUT2D eigenvalue weighted by Gasteiger charge is -2.22. The molecule has 3 heteroatoms. The highest BCUT2D eigenvalue weighted by molar-refractivity contribution is 6.01. The topological polar surface area (TPSA) is 35.5 Å². The van der Waals surface area contributed by atoms with Crippen molar-refractivity contribution in [2.45, 2.75) is 13.3 Å². The number of carbonyl (C=O) groups is 1. The van der Waals surface area contributed by atoms with Crippen LogP contribution < -0.4 is 0 Å². The largest absolute Gasteiger partial charge is 0.465 e. The quantitative estimate of drug-likeness (QED) is 0.775. The summed E-state index contributed by atoms with van der Waals surface area (Å²) in [6, 6.07) is 8.29. The van der Waals surface area contributed by atoms with Crippen molar-refractivity contribution < 1.29 is 14.3 Å². The molecule has 0 amide bonds. The van der Waals surface area contributed by atoms with Crippen molar-refractivity contribution in [1.82, 2.24) is 0 Å². The summed E-state index contributed by atoms with van der Waals surface area (Å²) in [5.74, 6) is 0.137. The fraction of sp³-hybridized carbons (Fsp3) is 0.353. The fourth-order valence-corrected chi connectivity index (χ4v) is 2.84. The van der Waals surface area contributed by atoms with Gasteiger partial charge in [0.1, 0.15) is 0 Å². The maximum absolute atomic E-state index is 12.0. The van der Waals surface area contributed by atoms with Crippen molar-refractivity contribution in [2.75, 3.05) is 20.3 Å². The molecule has 3 rings (SSSR count). The van der Waals surface area contributed by atoms with E-state index < -0.39 is 0 Å². The third-order valence-electron chi connectivity index (χ3n) is 4.02. The average Bonchev–Trinajstić information content (AvgIpc) is 2.93. The molecular weight excluding hydrogens is 252 g/mol. The SMILES string of the molecule is COC(=O)C1=C(c2ccc(C)cc2)C[C@@H]2COCC2=C1. The Labute approximate surface area is 118 Å². The number of hydrogen-bond acceptors (Lipinski definition) is 3. The van der Waals surface area contributed by atoms with E-state index in [1.54, 1.807) is 0 Å². The summed E-state index contributed by atoms with van der Waals surface area (Å²) in [6.45, 7) is 3.44. The van der Waals surface area contributed by atoms with Crippen molar-refractivity contribution >= 4 is 11.5 Å². The number of ether oxygens (including phenoxy) is 2. The minimum atomic E-state index is -0.265. The molecule has 0 saturated carbocycles. The molecule has 0 radical (unpaired) electrons. The second-order valence-corrected chi connectivity index (χ2v) is 5.39. The molecule has 1 saturated heterocycles. The van der Waals surface area contributed by atoms with Gasteiger partial charge in [-0.2, -0.15) is 0 Å². The van der Waals surface area contributed by atoms with Gasteiger partial charge in [-0.05, 0) is 36.1 Å². The van der Waals surface area contributed by atoms with E-state index in [4.69, 9.17) is 9.47 Å². The summed E-state index contributed by atoms with van der Waals surface area (Å²) < 4.78 is 10.4. The van der Waals surface area contributed by atoms with Gasteiger partial charge in [0.25, 0.3) is 0 Å². The number of rotatable bonds is 2. The van der Waals surface area contributed by atoms with E-state index in [1.807, 2.05) is 6.08 Å². The summed E-state index contributed by atoms with van der Waals surface area (Å²) in [5, 5.41) is 0. The number of fused-ring (bicyclic) bond motifs is 1. The number of allylic oxidation sites excluding steroid dienone is 1. The van der Waals surface area contributed by atoms with Crippen LogP contribution in [-0.4, -0.2) is 26.3 Å². The molecule has 1 aliphatic carbocycles. The summed E-state index contributed by atoms with van der Waals surface area (Å²) in [5.41, 5.74) is 5.26. The van der Waals surface area contributed by atoms with Gasteiger partial charge in [-0.15, -0.1) is 0 Å². The van der Waals surface area contributed by atoms with Gasteiger partial charge in [0.05, 0.1) is 25.9 Å². The number of benzene rings is 1. The van der Waals surface area contributed by atoms with Gasteiger partial charge in [0.2, 0.25) is 0 Å². The van der Waals surface area contributed by atoms with Gasteiger partial charge in [0, 0.05) is 5.92 Å². The molecule has 1 atom stereocenters. The van der Waals surface area contributed by atoms with Gasteiger partial charge < -0.3 is 9.47 Å². The van der Waals surface area contributed by atoms with Gasteiger partial charge in [0.15, 0.2) is 0 Å². The van der Waals surface area contributed by atoms with Crippen LogP contribution in [0.3, 0.4) is 0 Å². The zero-order chi connectivity index (χ0) is 14.1. The molecule has 1 aromatic carbocycles. The van der Waals surface area contributed by atoms with Crippen molar-refractivity contribution in [3.63, 3.8) is 0 Å². The Kier molecular flexibility index (Phi) is 3.45. The highest BCUT2D eigenvalue weighted by Crippen LogP contribution is 2.38. The van der Waals surface area contributed by atoms with Gasteiger partial charge in [-0.25, -0.2) is 4.79 Å². The second kappa shape index (κ2) is 5.25. The first-order chi connectivity index (χ1) is 9.69. The number of methoxy groups -OCH3 is 1. The van der Waals surface area contributed by atoms with Crippen LogP contribution in [0.1, 0.15) is 17.5 Å². The molecule has 3 nitrogen and oxygen atoms in total. The van der Waals surface area contributed by atoms with Crippen molar-refractivity contribution in [1.29, 1.82) is 0 Å². The first kappa shape index (κ1) is 13.1. The molecule has 0 bridgehead atoms. The van der Waals surface area contributed by atoms with Crippen LogP contribution >= 0.6 is 0 Å². The maximum Gasteiger partial charge on any atom is 0.338 e. The fourth-order valence-electron chi connectivity index (χ4n) is 2.84. The second-order valence-electron chi connectivity index (χ2n) is 5.39. The average molecular weight is 270 g/mol. The van der Waals surface area contributed by atoms with E-state index in [0.29, 0.717) is 18.1 Å². The predicted molar refractivity (Wildman–Crippen MR) is 77.1 cm³/mol. The minimum absolute atomic E-state index is 0.265. The zero-order valence-electron chi connectivity index (χ0n) is 11.8. The molecule has 1 heterocycles. The monoisotopic (exact) mass is 270 g/mol. The molecule has 2 aliphatic rings. The molecule has 0 aromatic heterocycles. The first-order valence-electron chi connectivity index (χ1n) is 6.85. The number of hydrogen-bond donors (Lipinski definition) is 0. The number of esters is 1. The summed E-state index contributed by atoms with van der Waals surface area (Å²) in [6.07, 6.45) is 2.81. The Bertz CT molecular complexity index is 593. The lowest BCUT2D eigenvalue weighted by molar-refractivity contribution is -0.135. The normalized spacial score (nSPS) is 21.5. The molecule has 1 aromatic rings. The smallest absolute Gasteiger partial charge is 0.338 e. The highest BCUT2D eigenvalue weighted by atomic mass is 16.5. The zero-order valence-corrected chi connectivity index (χ0v) is 11.8. The van der Waals surface area contributed by atoms with Crippen LogP contribution in [0, 0.1) is 12.8 Å². The van der Waals surface area contributed by atoms with Crippen LogP contribution in [0.5, 0.6) is 0 Å². The van der Waals surface area contributed by atoms with Gasteiger partial charge in [-0.1, -0.05) is 29.8 Å². The lowest BCUT2D eigenvalue weighted by atomic mass is 9.82. The van der Waals surface area contributed by atoms with E-state index in [2.05, 4.69) is 31.2 Å². The Morgan fingerprint density at radius 3 is 2.75 bits per heavy atom. The molecule has 104 valence electrons. The Balaban J connectivity index is 2.07. The number of carbonyl (C=O) groups excluding carboxylic acids is 1. The van der Waals surface area contributed by atoms with Gasteiger partial charge in [-0.3, -0.25) is 0 Å². The molecule has 20 heavy (non-hydrogen) atoms. The van der Waals surface area contributed by atoms with Crippen molar-refractivity contribution in [3.05, 3.63) is 52.6 Å². The van der Waals surface area contributed by atoms with Crippen LogP contribution in [-0.2, 0) is 14.3 Å².